The summed E-state index contributed by atoms with van der Waals surface area (Å²) in [7, 11) is -3.37. The van der Waals surface area contributed by atoms with Gasteiger partial charge in [-0.15, -0.1) is 0 Å². The second kappa shape index (κ2) is 9.32. The van der Waals surface area contributed by atoms with Gasteiger partial charge < -0.3 is 9.80 Å². The number of hydrogen-bond donors (Lipinski definition) is 0. The Morgan fingerprint density at radius 3 is 2.52 bits per heavy atom. The van der Waals surface area contributed by atoms with Gasteiger partial charge in [0.1, 0.15) is 11.9 Å². The Labute approximate surface area is 183 Å². The Morgan fingerprint density at radius 2 is 1.81 bits per heavy atom. The number of nitrogens with zero attached hydrogens (tertiary/aromatic N) is 5. The van der Waals surface area contributed by atoms with Gasteiger partial charge in [0.05, 0.1) is 5.75 Å². The average Bonchev–Trinajstić information content (AvgIpc) is 3.31. The first-order chi connectivity index (χ1) is 15.0. The molecule has 0 bridgehead atoms. The predicted molar refractivity (Wildman–Crippen MR) is 120 cm³/mol. The van der Waals surface area contributed by atoms with Gasteiger partial charge in [-0.05, 0) is 25.3 Å². The third kappa shape index (κ3) is 4.72. The van der Waals surface area contributed by atoms with Gasteiger partial charge in [-0.1, -0.05) is 37.3 Å². The molecule has 0 saturated carbocycles. The zero-order chi connectivity index (χ0) is 21.8. The summed E-state index contributed by atoms with van der Waals surface area (Å²) in [6.07, 6.45) is 3.66. The Hall–Kier alpha value is -2.52. The molecule has 9 heteroatoms. The van der Waals surface area contributed by atoms with Crippen LogP contribution in [0.4, 0.5) is 5.82 Å². The number of benzene rings is 1. The molecule has 2 aliphatic heterocycles. The lowest BCUT2D eigenvalue weighted by Gasteiger charge is -2.37. The van der Waals surface area contributed by atoms with Gasteiger partial charge in [-0.25, -0.2) is 18.4 Å². The third-order valence-corrected chi connectivity index (χ3v) is 7.97. The monoisotopic (exact) mass is 443 g/mol. The van der Waals surface area contributed by atoms with Crippen molar-refractivity contribution >= 4 is 21.7 Å². The number of sulfonamides is 1. The van der Waals surface area contributed by atoms with Crippen LogP contribution in [0, 0.1) is 0 Å². The minimum Gasteiger partial charge on any atom is -0.353 e. The first-order valence-corrected chi connectivity index (χ1v) is 12.5. The molecule has 0 radical (unpaired) electrons. The number of rotatable bonds is 6. The number of hydrogen-bond acceptors (Lipinski definition) is 6. The van der Waals surface area contributed by atoms with Gasteiger partial charge in [-0.2, -0.15) is 4.31 Å². The highest BCUT2D eigenvalue weighted by Crippen LogP contribution is 2.25. The van der Waals surface area contributed by atoms with Crippen molar-refractivity contribution in [3.63, 3.8) is 0 Å². The Kier molecular flexibility index (Phi) is 6.52. The van der Waals surface area contributed by atoms with Crippen LogP contribution in [-0.2, 0) is 14.8 Å². The number of amides is 1. The fourth-order valence-electron chi connectivity index (χ4n) is 4.31. The highest BCUT2D eigenvalue weighted by atomic mass is 32.2. The average molecular weight is 444 g/mol. The Balaban J connectivity index is 1.40. The van der Waals surface area contributed by atoms with Crippen LogP contribution < -0.4 is 4.90 Å². The van der Waals surface area contributed by atoms with E-state index in [1.807, 2.05) is 43.3 Å². The predicted octanol–water partition coefficient (Wildman–Crippen LogP) is 2.00. The normalized spacial score (nSPS) is 20.2. The minimum atomic E-state index is -3.37. The van der Waals surface area contributed by atoms with Crippen LogP contribution in [0.1, 0.15) is 26.2 Å². The van der Waals surface area contributed by atoms with E-state index in [0.717, 1.165) is 17.8 Å². The number of piperazine rings is 1. The summed E-state index contributed by atoms with van der Waals surface area (Å²) in [6, 6.07) is 11.2. The third-order valence-electron chi connectivity index (χ3n) is 5.90. The van der Waals surface area contributed by atoms with Crippen molar-refractivity contribution in [2.45, 2.75) is 32.2 Å². The van der Waals surface area contributed by atoms with E-state index in [1.54, 1.807) is 11.1 Å². The lowest BCUT2D eigenvalue weighted by Crippen LogP contribution is -2.54. The van der Waals surface area contributed by atoms with Gasteiger partial charge in [0.2, 0.25) is 15.9 Å². The van der Waals surface area contributed by atoms with E-state index in [1.165, 1.54) is 4.31 Å². The van der Waals surface area contributed by atoms with Gasteiger partial charge in [-0.3, -0.25) is 4.79 Å². The van der Waals surface area contributed by atoms with Crippen LogP contribution in [0.25, 0.3) is 11.4 Å². The number of carbonyl (C=O) groups is 1. The maximum atomic E-state index is 13.1. The van der Waals surface area contributed by atoms with Crippen molar-refractivity contribution < 1.29 is 13.2 Å². The summed E-state index contributed by atoms with van der Waals surface area (Å²) in [5, 5.41) is 0. The lowest BCUT2D eigenvalue weighted by atomic mass is 10.2. The molecule has 1 amide bonds. The van der Waals surface area contributed by atoms with Gasteiger partial charge >= 0.3 is 0 Å². The summed E-state index contributed by atoms with van der Waals surface area (Å²) >= 11 is 0. The number of aromatic nitrogens is 2. The molecule has 3 heterocycles. The molecule has 1 atom stereocenters. The van der Waals surface area contributed by atoms with Crippen LogP contribution in [0.2, 0.25) is 0 Å². The molecule has 0 N–H and O–H groups in total. The Bertz CT molecular complexity index is 1010. The van der Waals surface area contributed by atoms with Crippen LogP contribution >= 0.6 is 0 Å². The lowest BCUT2D eigenvalue weighted by molar-refractivity contribution is -0.134. The molecule has 166 valence electrons. The largest absolute Gasteiger partial charge is 0.353 e. The summed E-state index contributed by atoms with van der Waals surface area (Å²) < 4.78 is 26.5. The highest BCUT2D eigenvalue weighted by molar-refractivity contribution is 7.89. The molecule has 0 aliphatic carbocycles. The molecule has 1 unspecified atom stereocenters. The maximum absolute atomic E-state index is 13.1. The molecule has 2 aliphatic rings. The SMILES string of the molecule is CCCS(=O)(=O)N1CCCC1C(=O)N1CCN(c2ccnc(-c3ccccc3)n2)CC1. The van der Waals surface area contributed by atoms with Gasteiger partial charge in [0.15, 0.2) is 5.82 Å². The van der Waals surface area contributed by atoms with Crippen molar-refractivity contribution in [1.29, 1.82) is 0 Å². The van der Waals surface area contributed by atoms with Crippen LogP contribution in [0.5, 0.6) is 0 Å². The van der Waals surface area contributed by atoms with E-state index >= 15 is 0 Å². The topological polar surface area (TPSA) is 86.7 Å². The second-order valence-electron chi connectivity index (χ2n) is 8.00. The van der Waals surface area contributed by atoms with Crippen molar-refractivity contribution in [2.75, 3.05) is 43.4 Å². The van der Waals surface area contributed by atoms with Crippen molar-refractivity contribution in [1.82, 2.24) is 19.2 Å². The number of carbonyl (C=O) groups excluding carboxylic acids is 1. The zero-order valence-electron chi connectivity index (χ0n) is 17.9. The van der Waals surface area contributed by atoms with E-state index in [4.69, 9.17) is 4.98 Å². The molecule has 4 rings (SSSR count). The molecular weight excluding hydrogens is 414 g/mol. The highest BCUT2D eigenvalue weighted by Gasteiger charge is 2.40. The molecule has 2 saturated heterocycles. The van der Waals surface area contributed by atoms with Crippen LogP contribution in [-0.4, -0.2) is 78.0 Å². The molecule has 31 heavy (non-hydrogen) atoms. The van der Waals surface area contributed by atoms with Crippen molar-refractivity contribution in [2.24, 2.45) is 0 Å². The molecule has 1 aromatic heterocycles. The summed E-state index contributed by atoms with van der Waals surface area (Å²) in [4.78, 5) is 26.2. The standard InChI is InChI=1S/C22H29N5O3S/c1-2-17-31(29,30)27-12-6-9-19(27)22(28)26-15-13-25(14-16-26)20-10-11-23-21(24-20)18-7-4-3-5-8-18/h3-5,7-8,10-11,19H,2,6,9,12-17H2,1H3. The molecule has 8 nitrogen and oxygen atoms in total. The van der Waals surface area contributed by atoms with E-state index in [-0.39, 0.29) is 11.7 Å². The van der Waals surface area contributed by atoms with E-state index < -0.39 is 16.1 Å². The maximum Gasteiger partial charge on any atom is 0.241 e. The molecule has 1 aromatic carbocycles. The number of anilines is 1. The Morgan fingerprint density at radius 1 is 1.06 bits per heavy atom. The molecule has 2 aromatic rings. The van der Waals surface area contributed by atoms with E-state index in [0.29, 0.717) is 51.4 Å². The van der Waals surface area contributed by atoms with E-state index in [9.17, 15) is 13.2 Å². The van der Waals surface area contributed by atoms with Crippen molar-refractivity contribution in [3.8, 4) is 11.4 Å². The van der Waals surface area contributed by atoms with E-state index in [2.05, 4.69) is 9.88 Å². The summed E-state index contributed by atoms with van der Waals surface area (Å²) in [5.41, 5.74) is 0.966. The summed E-state index contributed by atoms with van der Waals surface area (Å²) in [5.74, 6) is 1.56. The van der Waals surface area contributed by atoms with Gasteiger partial charge in [0.25, 0.3) is 0 Å². The molecule has 0 spiro atoms. The summed E-state index contributed by atoms with van der Waals surface area (Å²) in [6.45, 7) is 4.72. The molecular formula is C22H29N5O3S. The zero-order valence-corrected chi connectivity index (χ0v) is 18.7. The molecule has 2 fully saturated rings. The minimum absolute atomic E-state index is 0.0653. The first kappa shape index (κ1) is 21.7. The van der Waals surface area contributed by atoms with Crippen LogP contribution in [0.3, 0.4) is 0 Å². The smallest absolute Gasteiger partial charge is 0.241 e. The van der Waals surface area contributed by atoms with Crippen LogP contribution in [0.15, 0.2) is 42.6 Å². The fourth-order valence-corrected chi connectivity index (χ4v) is 6.05. The first-order valence-electron chi connectivity index (χ1n) is 10.9. The fraction of sp³-hybridized carbons (Fsp3) is 0.500. The second-order valence-corrected chi connectivity index (χ2v) is 10.0. The van der Waals surface area contributed by atoms with Gasteiger partial charge in [0, 0.05) is 44.5 Å². The quantitative estimate of drug-likeness (QED) is 0.679. The van der Waals surface area contributed by atoms with Crippen molar-refractivity contribution in [3.05, 3.63) is 42.6 Å².